The number of aliphatic hydroxyl groups is 1. The second-order valence-electron chi connectivity index (χ2n) is 11.7. The summed E-state index contributed by atoms with van der Waals surface area (Å²) in [5, 5.41) is 13.1. The van der Waals surface area contributed by atoms with E-state index in [0.717, 1.165) is 0 Å². The molecule has 0 aromatic rings. The predicted molar refractivity (Wildman–Crippen MR) is 153 cm³/mol. The summed E-state index contributed by atoms with van der Waals surface area (Å²) in [6.45, 7) is 16.7. The van der Waals surface area contributed by atoms with Crippen molar-refractivity contribution in [1.29, 1.82) is 0 Å². The summed E-state index contributed by atoms with van der Waals surface area (Å²) in [6, 6.07) is -1.83. The van der Waals surface area contributed by atoms with E-state index >= 15 is 0 Å². The Kier molecular flexibility index (Phi) is 10.6. The highest BCUT2D eigenvalue weighted by molar-refractivity contribution is 9.09. The van der Waals surface area contributed by atoms with E-state index in [1.165, 1.54) is 4.90 Å². The van der Waals surface area contributed by atoms with Crippen LogP contribution in [0.25, 0.3) is 0 Å². The maximum atomic E-state index is 14.2. The number of esters is 1. The molecule has 3 heterocycles. The number of nitrogens with one attached hydrogen (secondary N) is 1. The molecule has 1 unspecified atom stereocenters. The van der Waals surface area contributed by atoms with Crippen LogP contribution < -0.4 is 5.32 Å². The lowest BCUT2D eigenvalue weighted by molar-refractivity contribution is -0.160. The molecule has 3 amide bonds. The van der Waals surface area contributed by atoms with Crippen molar-refractivity contribution in [3.8, 4) is 0 Å². The van der Waals surface area contributed by atoms with Crippen molar-refractivity contribution >= 4 is 39.6 Å². The standard InChI is InChI=1S/C29H44BrN3O7/c1-8-10-11-21(35)31-14-18(7)39-28(38)22-23-26(36)33(20(15-34)16(3)4)25(27(37)32(12-9-2)17(5)6)29(23)13-19(30)24(22)40-29/h8-9,16-20,22-25,34H,1-2,10-15H2,3-7H3,(H,31,35)/t18-,19?,20-,22+,23-,24+,25+,29-/m0/s1. The molecule has 10 nitrogen and oxygen atoms in total. The quantitative estimate of drug-likeness (QED) is 0.172. The zero-order chi connectivity index (χ0) is 29.9. The Labute approximate surface area is 245 Å². The average Bonchev–Trinajstić information content (AvgIpc) is 3.48. The van der Waals surface area contributed by atoms with Crippen molar-refractivity contribution in [2.45, 2.75) is 94.6 Å². The molecule has 40 heavy (non-hydrogen) atoms. The first kappa shape index (κ1) is 32.3. The third-order valence-corrected chi connectivity index (χ3v) is 9.10. The largest absolute Gasteiger partial charge is 0.460 e. The normalized spacial score (nSPS) is 30.3. The highest BCUT2D eigenvalue weighted by Gasteiger charge is 2.77. The number of hydrogen-bond acceptors (Lipinski definition) is 7. The summed E-state index contributed by atoms with van der Waals surface area (Å²) in [5.74, 6) is -3.49. The molecule has 0 radical (unpaired) electrons. The topological polar surface area (TPSA) is 125 Å². The maximum Gasteiger partial charge on any atom is 0.312 e. The van der Waals surface area contributed by atoms with Crippen LogP contribution in [0.15, 0.2) is 25.3 Å². The van der Waals surface area contributed by atoms with Crippen LogP contribution in [-0.4, -0.2) is 99.1 Å². The summed E-state index contributed by atoms with van der Waals surface area (Å²) in [4.78, 5) is 56.9. The molecule has 0 aromatic heterocycles. The first-order valence-electron chi connectivity index (χ1n) is 14.1. The number of fused-ring (bicyclic) bond motifs is 1. The molecule has 3 aliphatic heterocycles. The maximum absolute atomic E-state index is 14.2. The van der Waals surface area contributed by atoms with Gasteiger partial charge < -0.3 is 29.7 Å². The van der Waals surface area contributed by atoms with Crippen LogP contribution in [0.5, 0.6) is 0 Å². The number of amides is 3. The van der Waals surface area contributed by atoms with Crippen LogP contribution in [0.1, 0.15) is 53.9 Å². The van der Waals surface area contributed by atoms with Crippen LogP contribution in [0, 0.1) is 17.8 Å². The number of carbonyl (C=O) groups is 4. The minimum absolute atomic E-state index is 0.125. The summed E-state index contributed by atoms with van der Waals surface area (Å²) in [6.07, 6.45) is 3.18. The molecule has 0 aromatic carbocycles. The van der Waals surface area contributed by atoms with Crippen molar-refractivity contribution in [2.24, 2.45) is 17.8 Å². The number of carbonyl (C=O) groups excluding carboxylic acids is 4. The van der Waals surface area contributed by atoms with Crippen LogP contribution in [-0.2, 0) is 28.7 Å². The third kappa shape index (κ3) is 5.87. The number of allylic oxidation sites excluding steroid dienone is 1. The zero-order valence-corrected chi connectivity index (χ0v) is 25.8. The molecule has 0 saturated carbocycles. The molecular formula is C29H44BrN3O7. The molecule has 224 valence electrons. The van der Waals surface area contributed by atoms with Crippen molar-refractivity contribution < 1.29 is 33.8 Å². The summed E-state index contributed by atoms with van der Waals surface area (Å²) >= 11 is 3.65. The summed E-state index contributed by atoms with van der Waals surface area (Å²) < 4.78 is 12.3. The van der Waals surface area contributed by atoms with E-state index < -0.39 is 47.7 Å². The number of ether oxygens (including phenoxy) is 2. The number of rotatable bonds is 14. The van der Waals surface area contributed by atoms with Gasteiger partial charge in [0.25, 0.3) is 0 Å². The molecule has 3 aliphatic rings. The molecular weight excluding hydrogens is 582 g/mol. The lowest BCUT2D eigenvalue weighted by atomic mass is 9.70. The Morgan fingerprint density at radius 1 is 1.25 bits per heavy atom. The van der Waals surface area contributed by atoms with Crippen molar-refractivity contribution in [1.82, 2.24) is 15.1 Å². The SMILES string of the molecule is C=CCCC(=O)NC[C@H](C)OC(=O)[C@H]1[C@@H]2O[C@@]3(CC2Br)[C@@H]1C(=O)N([C@@H](CO)C(C)C)[C@@H]3C(=O)N(CC=C)C(C)C. The Morgan fingerprint density at radius 3 is 2.48 bits per heavy atom. The number of nitrogens with zero attached hydrogens (tertiary/aromatic N) is 2. The summed E-state index contributed by atoms with van der Waals surface area (Å²) in [5.41, 5.74) is -1.25. The van der Waals surface area contributed by atoms with Gasteiger partial charge in [-0.25, -0.2) is 0 Å². The molecule has 2 N–H and O–H groups in total. The average molecular weight is 627 g/mol. The predicted octanol–water partition coefficient (Wildman–Crippen LogP) is 2.19. The third-order valence-electron chi connectivity index (χ3n) is 8.26. The Balaban J connectivity index is 1.95. The molecule has 3 rings (SSSR count). The zero-order valence-electron chi connectivity index (χ0n) is 24.2. The monoisotopic (exact) mass is 625 g/mol. The van der Waals surface area contributed by atoms with Crippen LogP contribution in [0.2, 0.25) is 0 Å². The molecule has 1 spiro atoms. The highest BCUT2D eigenvalue weighted by atomic mass is 79.9. The van der Waals surface area contributed by atoms with Gasteiger partial charge in [-0.3, -0.25) is 19.2 Å². The van der Waals surface area contributed by atoms with E-state index in [0.29, 0.717) is 19.3 Å². The van der Waals surface area contributed by atoms with E-state index in [4.69, 9.17) is 9.47 Å². The van der Waals surface area contributed by atoms with Gasteiger partial charge in [0.15, 0.2) is 0 Å². The van der Waals surface area contributed by atoms with Crippen LogP contribution >= 0.6 is 15.9 Å². The Bertz CT molecular complexity index is 1000. The van der Waals surface area contributed by atoms with E-state index in [9.17, 15) is 24.3 Å². The van der Waals surface area contributed by atoms with Crippen molar-refractivity contribution in [2.75, 3.05) is 19.7 Å². The van der Waals surface area contributed by atoms with Crippen LogP contribution in [0.3, 0.4) is 0 Å². The molecule has 2 bridgehead atoms. The van der Waals surface area contributed by atoms with Gasteiger partial charge in [0.1, 0.15) is 17.7 Å². The highest BCUT2D eigenvalue weighted by Crippen LogP contribution is 2.61. The van der Waals surface area contributed by atoms with Gasteiger partial charge in [-0.15, -0.1) is 13.2 Å². The number of aliphatic hydroxyl groups excluding tert-OH is 1. The summed E-state index contributed by atoms with van der Waals surface area (Å²) in [7, 11) is 0. The Morgan fingerprint density at radius 2 is 1.93 bits per heavy atom. The van der Waals surface area contributed by atoms with E-state index in [1.807, 2.05) is 27.7 Å². The number of hydrogen-bond donors (Lipinski definition) is 2. The van der Waals surface area contributed by atoms with Crippen LogP contribution in [0.4, 0.5) is 0 Å². The van der Waals surface area contributed by atoms with Gasteiger partial charge in [0.05, 0.1) is 37.1 Å². The van der Waals surface area contributed by atoms with Crippen molar-refractivity contribution in [3.63, 3.8) is 0 Å². The fourth-order valence-electron chi connectivity index (χ4n) is 6.34. The van der Waals surface area contributed by atoms with Gasteiger partial charge in [-0.1, -0.05) is 41.9 Å². The van der Waals surface area contributed by atoms with E-state index in [1.54, 1.807) is 24.0 Å². The van der Waals surface area contributed by atoms with Gasteiger partial charge in [-0.2, -0.15) is 0 Å². The lowest BCUT2D eigenvalue weighted by Gasteiger charge is -2.41. The minimum atomic E-state index is -1.25. The van der Waals surface area contributed by atoms with E-state index in [-0.39, 0.29) is 54.2 Å². The molecule has 11 heteroatoms. The van der Waals surface area contributed by atoms with Gasteiger partial charge in [0.2, 0.25) is 17.7 Å². The molecule has 3 fully saturated rings. The minimum Gasteiger partial charge on any atom is -0.460 e. The van der Waals surface area contributed by atoms with E-state index in [2.05, 4.69) is 34.4 Å². The number of alkyl halides is 1. The van der Waals surface area contributed by atoms with Crippen molar-refractivity contribution in [3.05, 3.63) is 25.3 Å². The fraction of sp³-hybridized carbons (Fsp3) is 0.724. The van der Waals surface area contributed by atoms with Gasteiger partial charge in [0, 0.05) is 23.8 Å². The first-order valence-corrected chi connectivity index (χ1v) is 15.0. The molecule has 8 atom stereocenters. The number of likely N-dealkylation sites (tertiary alicyclic amines) is 1. The molecule has 3 saturated heterocycles. The Hall–Kier alpha value is -2.24. The lowest BCUT2D eigenvalue weighted by Crippen LogP contribution is -2.60. The number of halogens is 1. The second-order valence-corrected chi connectivity index (χ2v) is 12.8. The molecule has 0 aliphatic carbocycles. The smallest absolute Gasteiger partial charge is 0.312 e. The van der Waals surface area contributed by atoms with Gasteiger partial charge >= 0.3 is 5.97 Å². The first-order chi connectivity index (χ1) is 18.9. The second kappa shape index (κ2) is 13.2. The fourth-order valence-corrected chi connectivity index (χ4v) is 7.29. The van der Waals surface area contributed by atoms with Gasteiger partial charge in [-0.05, 0) is 39.5 Å².